The first kappa shape index (κ1) is 18.2. The van der Waals surface area contributed by atoms with Gasteiger partial charge in [-0.3, -0.25) is 4.90 Å². The molecule has 0 N–H and O–H groups in total. The van der Waals surface area contributed by atoms with Gasteiger partial charge >= 0.3 is 0 Å². The van der Waals surface area contributed by atoms with Crippen LogP contribution in [0, 0.1) is 6.92 Å². The molecule has 23 heavy (non-hydrogen) atoms. The third-order valence-corrected chi connectivity index (χ3v) is 4.38. The number of likely N-dealkylation sites (N-methyl/N-ethyl adjacent to an activating group) is 1. The molecule has 0 aromatic heterocycles. The molecule has 1 aliphatic heterocycles. The van der Waals surface area contributed by atoms with Crippen LogP contribution in [0.4, 0.5) is 0 Å². The average Bonchev–Trinajstić information content (AvgIpc) is 2.52. The van der Waals surface area contributed by atoms with Gasteiger partial charge in [-0.2, -0.15) is 0 Å². The predicted octanol–water partition coefficient (Wildman–Crippen LogP) is 2.76. The second-order valence-corrected chi connectivity index (χ2v) is 6.84. The molecule has 2 rings (SSSR count). The summed E-state index contributed by atoms with van der Waals surface area (Å²) in [6, 6.07) is 6.46. The first-order valence-electron chi connectivity index (χ1n) is 8.77. The summed E-state index contributed by atoms with van der Waals surface area (Å²) in [5.41, 5.74) is 2.58. The lowest BCUT2D eigenvalue weighted by molar-refractivity contribution is 0.0657. The molecular formula is C19H32N2O2. The number of benzene rings is 1. The minimum absolute atomic E-state index is 0.525. The first-order chi connectivity index (χ1) is 11.0. The number of hydrogen-bond donors (Lipinski definition) is 0. The fourth-order valence-electron chi connectivity index (χ4n) is 2.78. The van der Waals surface area contributed by atoms with Gasteiger partial charge in [-0.1, -0.05) is 19.9 Å². The van der Waals surface area contributed by atoms with Gasteiger partial charge in [0.1, 0.15) is 12.4 Å². The summed E-state index contributed by atoms with van der Waals surface area (Å²) in [5, 5.41) is 0. The van der Waals surface area contributed by atoms with Crippen molar-refractivity contribution in [1.82, 2.24) is 9.80 Å². The summed E-state index contributed by atoms with van der Waals surface area (Å²) < 4.78 is 11.6. The van der Waals surface area contributed by atoms with Crippen LogP contribution in [0.15, 0.2) is 18.2 Å². The Balaban J connectivity index is 1.60. The van der Waals surface area contributed by atoms with Crippen LogP contribution in [-0.2, 0) is 4.74 Å². The van der Waals surface area contributed by atoms with Crippen molar-refractivity contribution in [1.29, 1.82) is 0 Å². The zero-order chi connectivity index (χ0) is 16.7. The molecule has 0 bridgehead atoms. The van der Waals surface area contributed by atoms with E-state index in [1.807, 2.05) is 0 Å². The van der Waals surface area contributed by atoms with Crippen molar-refractivity contribution in [3.63, 3.8) is 0 Å². The quantitative estimate of drug-likeness (QED) is 0.688. The van der Waals surface area contributed by atoms with Crippen LogP contribution in [0.1, 0.15) is 30.9 Å². The second kappa shape index (κ2) is 9.26. The lowest BCUT2D eigenvalue weighted by Crippen LogP contribution is -2.45. The Labute approximate surface area is 141 Å². The zero-order valence-electron chi connectivity index (χ0n) is 15.2. The molecule has 1 aliphatic rings. The molecule has 1 aromatic rings. The summed E-state index contributed by atoms with van der Waals surface area (Å²) in [5.74, 6) is 1.48. The van der Waals surface area contributed by atoms with E-state index in [1.165, 1.54) is 11.1 Å². The summed E-state index contributed by atoms with van der Waals surface area (Å²) in [6.45, 7) is 14.2. The number of piperazine rings is 1. The maximum atomic E-state index is 5.84. The Morgan fingerprint density at radius 1 is 1.00 bits per heavy atom. The number of ether oxygens (including phenoxy) is 2. The van der Waals surface area contributed by atoms with E-state index in [-0.39, 0.29) is 0 Å². The predicted molar refractivity (Wildman–Crippen MR) is 95.5 cm³/mol. The monoisotopic (exact) mass is 320 g/mol. The summed E-state index contributed by atoms with van der Waals surface area (Å²) in [4.78, 5) is 4.84. The molecule has 0 unspecified atom stereocenters. The molecule has 0 aliphatic carbocycles. The molecule has 1 saturated heterocycles. The van der Waals surface area contributed by atoms with Crippen molar-refractivity contribution in [2.24, 2.45) is 0 Å². The number of rotatable bonds is 8. The summed E-state index contributed by atoms with van der Waals surface area (Å²) >= 11 is 0. The molecule has 0 spiro atoms. The number of aryl methyl sites for hydroxylation is 1. The molecule has 0 saturated carbocycles. The van der Waals surface area contributed by atoms with E-state index in [1.54, 1.807) is 0 Å². The van der Waals surface area contributed by atoms with E-state index in [2.05, 4.69) is 55.8 Å². The molecule has 0 radical (unpaired) electrons. The Morgan fingerprint density at radius 2 is 1.74 bits per heavy atom. The lowest BCUT2D eigenvalue weighted by atomic mass is 10.0. The highest BCUT2D eigenvalue weighted by Crippen LogP contribution is 2.22. The summed E-state index contributed by atoms with van der Waals surface area (Å²) in [6.07, 6.45) is 0. The highest BCUT2D eigenvalue weighted by Gasteiger charge is 2.12. The van der Waals surface area contributed by atoms with Crippen LogP contribution in [0.2, 0.25) is 0 Å². The van der Waals surface area contributed by atoms with Gasteiger partial charge in [-0.25, -0.2) is 0 Å². The largest absolute Gasteiger partial charge is 0.491 e. The van der Waals surface area contributed by atoms with E-state index in [4.69, 9.17) is 9.47 Å². The molecule has 130 valence electrons. The zero-order valence-corrected chi connectivity index (χ0v) is 15.2. The Hall–Kier alpha value is -1.10. The van der Waals surface area contributed by atoms with Gasteiger partial charge in [0.25, 0.3) is 0 Å². The van der Waals surface area contributed by atoms with Crippen LogP contribution in [0.3, 0.4) is 0 Å². The minimum atomic E-state index is 0.525. The molecule has 1 aromatic carbocycles. The van der Waals surface area contributed by atoms with E-state index >= 15 is 0 Å². The van der Waals surface area contributed by atoms with E-state index in [9.17, 15) is 0 Å². The molecule has 1 fully saturated rings. The van der Waals surface area contributed by atoms with Crippen LogP contribution < -0.4 is 4.74 Å². The molecule has 0 amide bonds. The fraction of sp³-hybridized carbons (Fsp3) is 0.684. The third kappa shape index (κ3) is 6.50. The minimum Gasteiger partial charge on any atom is -0.491 e. The molecule has 0 atom stereocenters. The third-order valence-electron chi connectivity index (χ3n) is 4.38. The van der Waals surface area contributed by atoms with Gasteiger partial charge in [-0.05, 0) is 43.1 Å². The Kier molecular flexibility index (Phi) is 7.34. The number of hydrogen-bond acceptors (Lipinski definition) is 4. The maximum Gasteiger partial charge on any atom is 0.119 e. The highest BCUT2D eigenvalue weighted by molar-refractivity contribution is 5.35. The second-order valence-electron chi connectivity index (χ2n) is 6.84. The molecule has 4 heteroatoms. The van der Waals surface area contributed by atoms with Gasteiger partial charge < -0.3 is 14.4 Å². The Bertz CT molecular complexity index is 468. The lowest BCUT2D eigenvalue weighted by Gasteiger charge is -2.32. The maximum absolute atomic E-state index is 5.84. The van der Waals surface area contributed by atoms with Crippen LogP contribution in [0.25, 0.3) is 0 Å². The first-order valence-corrected chi connectivity index (χ1v) is 8.77. The van der Waals surface area contributed by atoms with Crippen molar-refractivity contribution in [3.8, 4) is 5.75 Å². The molecule has 1 heterocycles. The van der Waals surface area contributed by atoms with Crippen LogP contribution in [-0.4, -0.2) is 69.4 Å². The van der Waals surface area contributed by atoms with Crippen molar-refractivity contribution < 1.29 is 9.47 Å². The molecule has 4 nitrogen and oxygen atoms in total. The van der Waals surface area contributed by atoms with Crippen molar-refractivity contribution >= 4 is 0 Å². The van der Waals surface area contributed by atoms with Gasteiger partial charge in [-0.15, -0.1) is 0 Å². The summed E-state index contributed by atoms with van der Waals surface area (Å²) in [7, 11) is 2.18. The van der Waals surface area contributed by atoms with Crippen molar-refractivity contribution in [2.45, 2.75) is 26.7 Å². The van der Waals surface area contributed by atoms with E-state index in [0.717, 1.165) is 45.1 Å². The molecular weight excluding hydrogens is 288 g/mol. The highest BCUT2D eigenvalue weighted by atomic mass is 16.5. The van der Waals surface area contributed by atoms with E-state index in [0.29, 0.717) is 19.1 Å². The smallest absolute Gasteiger partial charge is 0.119 e. The normalized spacial score (nSPS) is 16.9. The topological polar surface area (TPSA) is 24.9 Å². The number of nitrogens with zero attached hydrogens (tertiary/aromatic N) is 2. The fourth-order valence-corrected chi connectivity index (χ4v) is 2.78. The van der Waals surface area contributed by atoms with Crippen LogP contribution in [0.5, 0.6) is 5.75 Å². The SMILES string of the molecule is Cc1cc(OCCOCCN2CCN(C)CC2)cc(C(C)C)c1. The van der Waals surface area contributed by atoms with Gasteiger partial charge in [0.05, 0.1) is 13.2 Å². The van der Waals surface area contributed by atoms with Crippen LogP contribution >= 0.6 is 0 Å². The standard InChI is InChI=1S/C19H32N2O2/c1-16(2)18-13-17(3)14-19(15-18)23-12-11-22-10-9-21-7-5-20(4)6-8-21/h13-16H,5-12H2,1-4H3. The average molecular weight is 320 g/mol. The van der Waals surface area contributed by atoms with Crippen molar-refractivity contribution in [2.75, 3.05) is 59.6 Å². The van der Waals surface area contributed by atoms with E-state index < -0.39 is 0 Å². The van der Waals surface area contributed by atoms with Gasteiger partial charge in [0, 0.05) is 32.7 Å². The van der Waals surface area contributed by atoms with Gasteiger partial charge in [0.2, 0.25) is 0 Å². The van der Waals surface area contributed by atoms with Crippen molar-refractivity contribution in [3.05, 3.63) is 29.3 Å². The Morgan fingerprint density at radius 3 is 2.43 bits per heavy atom. The van der Waals surface area contributed by atoms with Gasteiger partial charge in [0.15, 0.2) is 0 Å².